The number of halogens is 1. The summed E-state index contributed by atoms with van der Waals surface area (Å²) in [6.07, 6.45) is 0.790. The van der Waals surface area contributed by atoms with Crippen LogP contribution in [-0.2, 0) is 6.42 Å². The zero-order valence-electron chi connectivity index (χ0n) is 12.6. The standard InChI is InChI=1S/C18H22FN/c1-12-8-9-15(10-14(12)3)11-17(20-4)16-7-5-6-13(2)18(16)19/h5-10,17,20H,11H2,1-4H3. The molecule has 1 nitrogen and oxygen atoms in total. The van der Waals surface area contributed by atoms with Crippen LogP contribution in [0.4, 0.5) is 4.39 Å². The molecule has 0 saturated carbocycles. The van der Waals surface area contributed by atoms with Gasteiger partial charge in [-0.1, -0.05) is 36.4 Å². The Morgan fingerprint density at radius 1 is 1.00 bits per heavy atom. The molecule has 2 rings (SSSR count). The maximum atomic E-state index is 14.2. The summed E-state index contributed by atoms with van der Waals surface area (Å²) in [6, 6.07) is 12.0. The largest absolute Gasteiger partial charge is 0.313 e. The summed E-state index contributed by atoms with van der Waals surface area (Å²) in [5, 5.41) is 3.23. The SMILES string of the molecule is CNC(Cc1ccc(C)c(C)c1)c1cccc(C)c1F. The van der Waals surface area contributed by atoms with Gasteiger partial charge in [0, 0.05) is 11.6 Å². The van der Waals surface area contributed by atoms with Gasteiger partial charge in [0.15, 0.2) is 0 Å². The van der Waals surface area contributed by atoms with Crippen LogP contribution in [-0.4, -0.2) is 7.05 Å². The second-order valence-corrected chi connectivity index (χ2v) is 5.44. The van der Waals surface area contributed by atoms with Crippen LogP contribution in [0, 0.1) is 26.6 Å². The molecule has 2 heteroatoms. The van der Waals surface area contributed by atoms with Gasteiger partial charge in [0.1, 0.15) is 5.82 Å². The predicted molar refractivity (Wildman–Crippen MR) is 82.6 cm³/mol. The Morgan fingerprint density at radius 3 is 2.40 bits per heavy atom. The van der Waals surface area contributed by atoms with Gasteiger partial charge in [0.25, 0.3) is 0 Å². The van der Waals surface area contributed by atoms with Crippen LogP contribution < -0.4 is 5.32 Å². The van der Waals surface area contributed by atoms with E-state index in [1.54, 1.807) is 0 Å². The van der Waals surface area contributed by atoms with E-state index in [2.05, 4.69) is 37.4 Å². The van der Waals surface area contributed by atoms with Crippen molar-refractivity contribution < 1.29 is 4.39 Å². The van der Waals surface area contributed by atoms with Crippen LogP contribution in [0.1, 0.15) is 33.9 Å². The van der Waals surface area contributed by atoms with Gasteiger partial charge in [-0.05, 0) is 56.5 Å². The van der Waals surface area contributed by atoms with E-state index >= 15 is 0 Å². The highest BCUT2D eigenvalue weighted by Crippen LogP contribution is 2.23. The van der Waals surface area contributed by atoms with Crippen LogP contribution >= 0.6 is 0 Å². The van der Waals surface area contributed by atoms with E-state index in [-0.39, 0.29) is 11.9 Å². The fourth-order valence-corrected chi connectivity index (χ4v) is 2.47. The van der Waals surface area contributed by atoms with Crippen molar-refractivity contribution in [3.8, 4) is 0 Å². The number of nitrogens with one attached hydrogen (secondary N) is 1. The topological polar surface area (TPSA) is 12.0 Å². The van der Waals surface area contributed by atoms with Gasteiger partial charge in [0.2, 0.25) is 0 Å². The number of benzene rings is 2. The van der Waals surface area contributed by atoms with Crippen molar-refractivity contribution in [2.45, 2.75) is 33.2 Å². The van der Waals surface area contributed by atoms with Gasteiger partial charge in [-0.15, -0.1) is 0 Å². The molecule has 0 heterocycles. The Kier molecular flexibility index (Phi) is 4.56. The molecule has 0 fully saturated rings. The molecule has 1 atom stereocenters. The molecule has 0 aliphatic heterocycles. The lowest BCUT2D eigenvalue weighted by Gasteiger charge is -2.19. The van der Waals surface area contributed by atoms with E-state index in [0.29, 0.717) is 5.56 Å². The first kappa shape index (κ1) is 14.7. The van der Waals surface area contributed by atoms with Crippen LogP contribution in [0.2, 0.25) is 0 Å². The molecule has 0 saturated heterocycles. The van der Waals surface area contributed by atoms with E-state index in [4.69, 9.17) is 0 Å². The molecule has 1 N–H and O–H groups in total. The van der Waals surface area contributed by atoms with E-state index in [9.17, 15) is 4.39 Å². The van der Waals surface area contributed by atoms with Crippen molar-refractivity contribution in [2.24, 2.45) is 0 Å². The zero-order valence-corrected chi connectivity index (χ0v) is 12.6. The Labute approximate surface area is 120 Å². The van der Waals surface area contributed by atoms with Gasteiger partial charge < -0.3 is 5.32 Å². The van der Waals surface area contributed by atoms with E-state index < -0.39 is 0 Å². The number of aryl methyl sites for hydroxylation is 3. The fraction of sp³-hybridized carbons (Fsp3) is 0.333. The molecule has 1 unspecified atom stereocenters. The van der Waals surface area contributed by atoms with Crippen molar-refractivity contribution >= 4 is 0 Å². The molecule has 0 spiro atoms. The summed E-state index contributed by atoms with van der Waals surface area (Å²) in [5.41, 5.74) is 5.24. The Hall–Kier alpha value is -1.67. The van der Waals surface area contributed by atoms with Crippen molar-refractivity contribution in [1.29, 1.82) is 0 Å². The van der Waals surface area contributed by atoms with E-state index in [0.717, 1.165) is 12.0 Å². The van der Waals surface area contributed by atoms with Gasteiger partial charge in [-0.3, -0.25) is 0 Å². The molecule has 0 aliphatic carbocycles. The zero-order chi connectivity index (χ0) is 14.7. The molecule has 0 amide bonds. The second-order valence-electron chi connectivity index (χ2n) is 5.44. The van der Waals surface area contributed by atoms with Crippen molar-refractivity contribution in [3.05, 3.63) is 70.0 Å². The highest BCUT2D eigenvalue weighted by atomic mass is 19.1. The Balaban J connectivity index is 2.28. The van der Waals surface area contributed by atoms with Crippen LogP contribution in [0.3, 0.4) is 0 Å². The molecule has 0 radical (unpaired) electrons. The summed E-state index contributed by atoms with van der Waals surface area (Å²) in [4.78, 5) is 0. The van der Waals surface area contributed by atoms with Gasteiger partial charge >= 0.3 is 0 Å². The Bertz CT molecular complexity index is 604. The lowest BCUT2D eigenvalue weighted by molar-refractivity contribution is 0.529. The molecule has 2 aromatic rings. The van der Waals surface area contributed by atoms with E-state index in [1.165, 1.54) is 16.7 Å². The lowest BCUT2D eigenvalue weighted by atomic mass is 9.95. The first-order valence-corrected chi connectivity index (χ1v) is 7.01. The minimum absolute atomic E-state index is 0.00277. The third kappa shape index (κ3) is 3.07. The maximum Gasteiger partial charge on any atom is 0.130 e. The molecule has 20 heavy (non-hydrogen) atoms. The monoisotopic (exact) mass is 271 g/mol. The molecule has 0 aromatic heterocycles. The van der Waals surface area contributed by atoms with Crippen molar-refractivity contribution in [1.82, 2.24) is 5.32 Å². The fourth-order valence-electron chi connectivity index (χ4n) is 2.47. The van der Waals surface area contributed by atoms with Crippen LogP contribution in [0.5, 0.6) is 0 Å². The average molecular weight is 271 g/mol. The lowest BCUT2D eigenvalue weighted by Crippen LogP contribution is -2.20. The highest BCUT2D eigenvalue weighted by Gasteiger charge is 2.15. The first-order valence-electron chi connectivity index (χ1n) is 7.01. The molecule has 106 valence electrons. The molecular weight excluding hydrogens is 249 g/mol. The number of hydrogen-bond acceptors (Lipinski definition) is 1. The number of rotatable bonds is 4. The van der Waals surface area contributed by atoms with Gasteiger partial charge in [-0.25, -0.2) is 4.39 Å². The van der Waals surface area contributed by atoms with Gasteiger partial charge in [-0.2, -0.15) is 0 Å². The predicted octanol–water partition coefficient (Wildman–Crippen LogP) is 4.25. The third-order valence-electron chi connectivity index (χ3n) is 3.96. The normalized spacial score (nSPS) is 12.4. The maximum absolute atomic E-state index is 14.2. The number of hydrogen-bond donors (Lipinski definition) is 1. The number of likely N-dealkylation sites (N-methyl/N-ethyl adjacent to an activating group) is 1. The minimum atomic E-state index is -0.101. The van der Waals surface area contributed by atoms with Crippen molar-refractivity contribution in [3.63, 3.8) is 0 Å². The smallest absolute Gasteiger partial charge is 0.130 e. The summed E-state index contributed by atoms with van der Waals surface area (Å²) < 4.78 is 14.2. The molecular formula is C18H22FN. The third-order valence-corrected chi connectivity index (χ3v) is 3.96. The summed E-state index contributed by atoms with van der Waals surface area (Å²) in [5.74, 6) is -0.101. The summed E-state index contributed by atoms with van der Waals surface area (Å²) in [7, 11) is 1.88. The van der Waals surface area contributed by atoms with Crippen LogP contribution in [0.15, 0.2) is 36.4 Å². The second kappa shape index (κ2) is 6.19. The first-order chi connectivity index (χ1) is 9.52. The van der Waals surface area contributed by atoms with E-state index in [1.807, 2.05) is 32.2 Å². The average Bonchev–Trinajstić information content (AvgIpc) is 2.43. The molecule has 0 bridgehead atoms. The van der Waals surface area contributed by atoms with Gasteiger partial charge in [0.05, 0.1) is 0 Å². The molecule has 2 aromatic carbocycles. The highest BCUT2D eigenvalue weighted by molar-refractivity contribution is 5.33. The quantitative estimate of drug-likeness (QED) is 0.876. The minimum Gasteiger partial charge on any atom is -0.313 e. The summed E-state index contributed by atoms with van der Waals surface area (Å²) >= 11 is 0. The Morgan fingerprint density at radius 2 is 1.75 bits per heavy atom. The van der Waals surface area contributed by atoms with Crippen LogP contribution in [0.25, 0.3) is 0 Å². The summed E-state index contributed by atoms with van der Waals surface area (Å²) in [6.45, 7) is 6.02. The van der Waals surface area contributed by atoms with Crippen molar-refractivity contribution in [2.75, 3.05) is 7.05 Å². The molecule has 0 aliphatic rings.